The van der Waals surface area contributed by atoms with E-state index < -0.39 is 0 Å². The average molecular weight is 340 g/mol. The molecule has 5 heteroatoms. The summed E-state index contributed by atoms with van der Waals surface area (Å²) in [5, 5.41) is 4.11. The van der Waals surface area contributed by atoms with Crippen LogP contribution in [0.2, 0.25) is 0 Å². The van der Waals surface area contributed by atoms with Gasteiger partial charge in [-0.15, -0.1) is 0 Å². The fourth-order valence-electron chi connectivity index (χ4n) is 2.11. The molecule has 0 heterocycles. The molecule has 0 bridgehead atoms. The van der Waals surface area contributed by atoms with E-state index >= 15 is 0 Å². The first-order chi connectivity index (χ1) is 12.1. The molecule has 0 atom stereocenters. The molecule has 0 aromatic heterocycles. The third-order valence-electron chi connectivity index (χ3n) is 3.45. The van der Waals surface area contributed by atoms with Crippen LogP contribution in [0.25, 0.3) is 0 Å². The lowest BCUT2D eigenvalue weighted by molar-refractivity contribution is -0.123. The van der Waals surface area contributed by atoms with E-state index in [1.807, 2.05) is 62.4 Å². The van der Waals surface area contributed by atoms with Gasteiger partial charge in [-0.05, 0) is 67.8 Å². The second-order valence-electron chi connectivity index (χ2n) is 5.71. The maximum Gasteiger partial charge on any atom is 0.277 e. The number of aryl methyl sites for hydroxylation is 1. The number of hydrazone groups is 1. The van der Waals surface area contributed by atoms with Gasteiger partial charge in [-0.1, -0.05) is 19.1 Å². The van der Waals surface area contributed by atoms with E-state index in [4.69, 9.17) is 9.47 Å². The van der Waals surface area contributed by atoms with Crippen molar-refractivity contribution in [1.29, 1.82) is 0 Å². The highest BCUT2D eigenvalue weighted by Gasteiger charge is 2.04. The Morgan fingerprint density at radius 1 is 1.08 bits per heavy atom. The second-order valence-corrected chi connectivity index (χ2v) is 5.71. The Hall–Kier alpha value is -2.82. The topological polar surface area (TPSA) is 59.9 Å². The number of nitrogens with one attached hydrogen (secondary N) is 1. The molecular formula is C20H24N2O3. The average Bonchev–Trinajstić information content (AvgIpc) is 2.63. The van der Waals surface area contributed by atoms with Gasteiger partial charge in [0.25, 0.3) is 5.91 Å². The lowest BCUT2D eigenvalue weighted by atomic mass is 10.1. The maximum absolute atomic E-state index is 11.8. The van der Waals surface area contributed by atoms with Crippen molar-refractivity contribution < 1.29 is 14.3 Å². The van der Waals surface area contributed by atoms with Gasteiger partial charge in [0.05, 0.1) is 12.3 Å². The molecular weight excluding hydrogens is 316 g/mol. The van der Waals surface area contributed by atoms with Crippen LogP contribution >= 0.6 is 0 Å². The molecule has 0 spiro atoms. The van der Waals surface area contributed by atoms with E-state index in [-0.39, 0.29) is 12.5 Å². The van der Waals surface area contributed by atoms with Gasteiger partial charge in [-0.25, -0.2) is 5.43 Å². The minimum atomic E-state index is -0.302. The first-order valence-electron chi connectivity index (χ1n) is 8.34. The maximum atomic E-state index is 11.8. The molecule has 0 aliphatic carbocycles. The molecule has 2 aromatic carbocycles. The van der Waals surface area contributed by atoms with Gasteiger partial charge >= 0.3 is 0 Å². The fourth-order valence-corrected chi connectivity index (χ4v) is 2.11. The number of amides is 1. The van der Waals surface area contributed by atoms with Crippen molar-refractivity contribution in [3.05, 3.63) is 59.7 Å². The molecule has 0 saturated carbocycles. The molecule has 5 nitrogen and oxygen atoms in total. The molecule has 0 aliphatic heterocycles. The van der Waals surface area contributed by atoms with Gasteiger partial charge < -0.3 is 9.47 Å². The molecule has 0 fully saturated rings. The minimum absolute atomic E-state index is 0.0793. The van der Waals surface area contributed by atoms with E-state index in [0.29, 0.717) is 18.1 Å². The number of carbonyl (C=O) groups excluding carboxylic acids is 1. The van der Waals surface area contributed by atoms with Gasteiger partial charge in [0.2, 0.25) is 0 Å². The first-order valence-corrected chi connectivity index (χ1v) is 8.34. The molecule has 0 aliphatic rings. The van der Waals surface area contributed by atoms with Crippen molar-refractivity contribution in [3.63, 3.8) is 0 Å². The Bertz CT molecular complexity index is 724. The van der Waals surface area contributed by atoms with Gasteiger partial charge in [0.15, 0.2) is 6.61 Å². The summed E-state index contributed by atoms with van der Waals surface area (Å²) in [6, 6.07) is 15.2. The summed E-state index contributed by atoms with van der Waals surface area (Å²) >= 11 is 0. The standard InChI is InChI=1S/C20H24N2O3/c1-4-12-24-18-10-8-17(9-11-18)16(3)21-22-20(23)14-25-19-7-5-6-15(2)13-19/h5-11,13H,4,12,14H2,1-3H3,(H,22,23)/b21-16-. The third-order valence-corrected chi connectivity index (χ3v) is 3.45. The van der Waals surface area contributed by atoms with E-state index in [9.17, 15) is 4.79 Å². The van der Waals surface area contributed by atoms with E-state index in [1.54, 1.807) is 0 Å². The Morgan fingerprint density at radius 3 is 2.52 bits per heavy atom. The quantitative estimate of drug-likeness (QED) is 0.589. The predicted molar refractivity (Wildman–Crippen MR) is 99.3 cm³/mol. The van der Waals surface area contributed by atoms with Crippen LogP contribution in [-0.2, 0) is 4.79 Å². The monoisotopic (exact) mass is 340 g/mol. The molecule has 1 N–H and O–H groups in total. The molecule has 132 valence electrons. The zero-order chi connectivity index (χ0) is 18.1. The molecule has 0 radical (unpaired) electrons. The number of rotatable bonds is 8. The second kappa shape index (κ2) is 9.47. The van der Waals surface area contributed by atoms with Crippen molar-refractivity contribution in [3.8, 4) is 11.5 Å². The molecule has 2 aromatic rings. The highest BCUT2D eigenvalue weighted by atomic mass is 16.5. The smallest absolute Gasteiger partial charge is 0.277 e. The number of ether oxygens (including phenoxy) is 2. The SMILES string of the molecule is CCCOc1ccc(/C(C)=N\NC(=O)COc2cccc(C)c2)cc1. The summed E-state index contributed by atoms with van der Waals surface area (Å²) < 4.78 is 11.0. The summed E-state index contributed by atoms with van der Waals surface area (Å²) in [6.45, 7) is 6.49. The van der Waals surface area contributed by atoms with Crippen molar-refractivity contribution in [2.45, 2.75) is 27.2 Å². The Kier molecular flexibility index (Phi) is 7.01. The zero-order valence-electron chi connectivity index (χ0n) is 14.9. The Morgan fingerprint density at radius 2 is 1.84 bits per heavy atom. The number of hydrogen-bond acceptors (Lipinski definition) is 4. The van der Waals surface area contributed by atoms with Crippen LogP contribution in [0.3, 0.4) is 0 Å². The fraction of sp³-hybridized carbons (Fsp3) is 0.300. The summed E-state index contributed by atoms with van der Waals surface area (Å²) in [6.07, 6.45) is 0.971. The van der Waals surface area contributed by atoms with Crippen molar-refractivity contribution in [2.24, 2.45) is 5.10 Å². The van der Waals surface area contributed by atoms with Crippen molar-refractivity contribution in [2.75, 3.05) is 13.2 Å². The van der Waals surface area contributed by atoms with Crippen LogP contribution in [0.5, 0.6) is 11.5 Å². The summed E-state index contributed by atoms with van der Waals surface area (Å²) in [7, 11) is 0. The van der Waals surface area contributed by atoms with Crippen molar-refractivity contribution >= 4 is 11.6 Å². The Labute approximate surface area is 148 Å². The normalized spacial score (nSPS) is 11.1. The van der Waals surface area contributed by atoms with Gasteiger partial charge in [0, 0.05) is 0 Å². The van der Waals surface area contributed by atoms with Crippen LogP contribution in [0.4, 0.5) is 0 Å². The molecule has 0 saturated heterocycles. The molecule has 1 amide bonds. The van der Waals surface area contributed by atoms with Crippen LogP contribution in [0, 0.1) is 6.92 Å². The Balaban J connectivity index is 1.84. The highest BCUT2D eigenvalue weighted by Crippen LogP contribution is 2.13. The summed E-state index contributed by atoms with van der Waals surface area (Å²) in [5.41, 5.74) is 5.22. The highest BCUT2D eigenvalue weighted by molar-refractivity contribution is 5.99. The van der Waals surface area contributed by atoms with Crippen LogP contribution in [-0.4, -0.2) is 24.8 Å². The first kappa shape index (κ1) is 18.5. The predicted octanol–water partition coefficient (Wildman–Crippen LogP) is 3.70. The van der Waals surface area contributed by atoms with Gasteiger partial charge in [-0.3, -0.25) is 4.79 Å². The third kappa shape index (κ3) is 6.30. The largest absolute Gasteiger partial charge is 0.494 e. The van der Waals surface area contributed by atoms with E-state index in [1.165, 1.54) is 0 Å². The molecule has 2 rings (SSSR count). The molecule has 25 heavy (non-hydrogen) atoms. The van der Waals surface area contributed by atoms with Crippen LogP contribution in [0.1, 0.15) is 31.4 Å². The minimum Gasteiger partial charge on any atom is -0.494 e. The lowest BCUT2D eigenvalue weighted by Crippen LogP contribution is -2.25. The number of carbonyl (C=O) groups is 1. The van der Waals surface area contributed by atoms with Crippen LogP contribution in [0.15, 0.2) is 53.6 Å². The molecule has 0 unspecified atom stereocenters. The number of hydrogen-bond donors (Lipinski definition) is 1. The number of benzene rings is 2. The number of nitrogens with zero attached hydrogens (tertiary/aromatic N) is 1. The van der Waals surface area contributed by atoms with E-state index in [0.717, 1.165) is 23.3 Å². The zero-order valence-corrected chi connectivity index (χ0v) is 14.9. The lowest BCUT2D eigenvalue weighted by Gasteiger charge is -2.07. The van der Waals surface area contributed by atoms with Crippen LogP contribution < -0.4 is 14.9 Å². The van der Waals surface area contributed by atoms with Gasteiger partial charge in [-0.2, -0.15) is 5.10 Å². The summed E-state index contributed by atoms with van der Waals surface area (Å²) in [4.78, 5) is 11.8. The van der Waals surface area contributed by atoms with Gasteiger partial charge in [0.1, 0.15) is 11.5 Å². The van der Waals surface area contributed by atoms with Crippen molar-refractivity contribution in [1.82, 2.24) is 5.43 Å². The van der Waals surface area contributed by atoms with E-state index in [2.05, 4.69) is 17.5 Å². The summed E-state index contributed by atoms with van der Waals surface area (Å²) in [5.74, 6) is 1.19.